The fourth-order valence-electron chi connectivity index (χ4n) is 1.92. The average Bonchev–Trinajstić information content (AvgIpc) is 2.52. The maximum Gasteiger partial charge on any atom is 0.341 e. The zero-order valence-electron chi connectivity index (χ0n) is 16.3. The molecule has 0 atom stereocenters. The summed E-state index contributed by atoms with van der Waals surface area (Å²) < 4.78 is 21.6. The van der Waals surface area contributed by atoms with E-state index in [1.165, 1.54) is 20.3 Å². The number of phenols is 1. The molecule has 0 saturated carbocycles. The van der Waals surface area contributed by atoms with Crippen molar-refractivity contribution in [3.05, 3.63) is 17.7 Å². The van der Waals surface area contributed by atoms with Gasteiger partial charge < -0.3 is 23.7 Å². The van der Waals surface area contributed by atoms with Gasteiger partial charge in [-0.3, -0.25) is 0 Å². The summed E-state index contributed by atoms with van der Waals surface area (Å²) in [5.74, 6) is -0.428. The number of methoxy groups -OCH3 is 2. The molecule has 1 rings (SSSR count). The van der Waals surface area contributed by atoms with E-state index in [0.717, 1.165) is 6.42 Å². The molecular formula is C18H30O6Si. The summed E-state index contributed by atoms with van der Waals surface area (Å²) in [6.45, 7) is 12.1. The van der Waals surface area contributed by atoms with Crippen LogP contribution in [0.4, 0.5) is 0 Å². The minimum atomic E-state index is -1.76. The summed E-state index contributed by atoms with van der Waals surface area (Å²) in [6, 6.07) is 3.03. The van der Waals surface area contributed by atoms with Crippen molar-refractivity contribution in [2.75, 3.05) is 27.4 Å². The van der Waals surface area contributed by atoms with Gasteiger partial charge >= 0.3 is 5.97 Å². The molecule has 0 aromatic heterocycles. The van der Waals surface area contributed by atoms with Crippen LogP contribution in [0.1, 0.15) is 37.6 Å². The Balaban J connectivity index is 2.64. The van der Waals surface area contributed by atoms with Crippen LogP contribution >= 0.6 is 0 Å². The monoisotopic (exact) mass is 370 g/mol. The molecule has 0 aliphatic rings. The number of hydrogen-bond donors (Lipinski definition) is 1. The zero-order valence-corrected chi connectivity index (χ0v) is 17.3. The summed E-state index contributed by atoms with van der Waals surface area (Å²) in [7, 11) is 0.900. The first kappa shape index (κ1) is 21.3. The van der Waals surface area contributed by atoms with Crippen LogP contribution in [0.3, 0.4) is 0 Å². The van der Waals surface area contributed by atoms with E-state index in [1.54, 1.807) is 6.07 Å². The Morgan fingerprint density at radius 2 is 1.80 bits per heavy atom. The highest BCUT2D eigenvalue weighted by Crippen LogP contribution is 2.39. The predicted octanol–water partition coefficient (Wildman–Crippen LogP) is 3.98. The van der Waals surface area contributed by atoms with Crippen LogP contribution in [0.25, 0.3) is 0 Å². The Labute approximate surface area is 151 Å². The molecule has 0 amide bonds. The molecule has 0 bridgehead atoms. The smallest absolute Gasteiger partial charge is 0.341 e. The van der Waals surface area contributed by atoms with Crippen molar-refractivity contribution < 1.29 is 28.5 Å². The summed E-state index contributed by atoms with van der Waals surface area (Å²) in [4.78, 5) is 11.6. The standard InChI is InChI=1S/C18H30O6Si/c1-18(2,3)25(6,7)24-12-8-11-23-14-10-9-13(17(20)22-5)15(19)16(14)21-4/h9-10,19H,8,11-12H2,1-7H3. The largest absolute Gasteiger partial charge is 0.504 e. The third-order valence-electron chi connectivity index (χ3n) is 4.52. The van der Waals surface area contributed by atoms with Crippen LogP contribution in [0.2, 0.25) is 18.1 Å². The number of phenolic OH excluding ortho intramolecular Hbond substituents is 1. The van der Waals surface area contributed by atoms with Crippen LogP contribution < -0.4 is 9.47 Å². The van der Waals surface area contributed by atoms with Gasteiger partial charge in [0.1, 0.15) is 5.56 Å². The molecule has 0 fully saturated rings. The average molecular weight is 371 g/mol. The lowest BCUT2D eigenvalue weighted by atomic mass is 10.1. The molecule has 0 saturated heterocycles. The van der Waals surface area contributed by atoms with E-state index in [-0.39, 0.29) is 22.1 Å². The predicted molar refractivity (Wildman–Crippen MR) is 99.3 cm³/mol. The lowest BCUT2D eigenvalue weighted by Crippen LogP contribution is -2.41. The molecule has 0 unspecified atom stereocenters. The van der Waals surface area contributed by atoms with Gasteiger partial charge in [0.25, 0.3) is 0 Å². The molecule has 25 heavy (non-hydrogen) atoms. The van der Waals surface area contributed by atoms with E-state index in [9.17, 15) is 9.90 Å². The summed E-state index contributed by atoms with van der Waals surface area (Å²) in [5, 5.41) is 10.3. The van der Waals surface area contributed by atoms with Crippen molar-refractivity contribution in [1.29, 1.82) is 0 Å². The topological polar surface area (TPSA) is 74.2 Å². The molecule has 1 aromatic carbocycles. The van der Waals surface area contributed by atoms with Crippen molar-refractivity contribution in [2.45, 2.75) is 45.3 Å². The molecule has 0 radical (unpaired) electrons. The highest BCUT2D eigenvalue weighted by molar-refractivity contribution is 6.74. The van der Waals surface area contributed by atoms with Crippen molar-refractivity contribution in [3.63, 3.8) is 0 Å². The van der Waals surface area contributed by atoms with Gasteiger partial charge in [-0.15, -0.1) is 0 Å². The molecule has 0 heterocycles. The molecule has 0 spiro atoms. The van der Waals surface area contributed by atoms with Gasteiger partial charge in [-0.25, -0.2) is 4.79 Å². The number of carbonyl (C=O) groups is 1. The SMILES string of the molecule is COC(=O)c1ccc(OCCCO[Si](C)(C)C(C)(C)C)c(OC)c1O. The van der Waals surface area contributed by atoms with Crippen LogP contribution in [0.15, 0.2) is 12.1 Å². The van der Waals surface area contributed by atoms with Crippen molar-refractivity contribution in [3.8, 4) is 17.2 Å². The van der Waals surface area contributed by atoms with E-state index in [1.807, 2.05) is 0 Å². The molecule has 1 aromatic rings. The van der Waals surface area contributed by atoms with Crippen LogP contribution in [-0.2, 0) is 9.16 Å². The Bertz CT molecular complexity index is 592. The van der Waals surface area contributed by atoms with Gasteiger partial charge in [-0.2, -0.15) is 0 Å². The first-order valence-electron chi connectivity index (χ1n) is 8.30. The second-order valence-electron chi connectivity index (χ2n) is 7.30. The third kappa shape index (κ3) is 5.37. The van der Waals surface area contributed by atoms with Crippen molar-refractivity contribution >= 4 is 14.3 Å². The van der Waals surface area contributed by atoms with E-state index < -0.39 is 14.3 Å². The maximum atomic E-state index is 11.6. The van der Waals surface area contributed by atoms with Crippen LogP contribution in [0.5, 0.6) is 17.2 Å². The first-order valence-corrected chi connectivity index (χ1v) is 11.2. The molecule has 0 aliphatic heterocycles. The third-order valence-corrected chi connectivity index (χ3v) is 9.06. The normalized spacial score (nSPS) is 12.0. The molecule has 6 nitrogen and oxygen atoms in total. The number of esters is 1. The summed E-state index contributed by atoms with van der Waals surface area (Å²) in [5.41, 5.74) is 0.0351. The van der Waals surface area contributed by atoms with E-state index in [4.69, 9.17) is 13.9 Å². The molecule has 142 valence electrons. The van der Waals surface area contributed by atoms with Gasteiger partial charge in [0.05, 0.1) is 20.8 Å². The van der Waals surface area contributed by atoms with E-state index in [2.05, 4.69) is 38.6 Å². The number of aromatic hydroxyl groups is 1. The summed E-state index contributed by atoms with van der Waals surface area (Å²) in [6.07, 6.45) is 0.717. The summed E-state index contributed by atoms with van der Waals surface area (Å²) >= 11 is 0. The lowest BCUT2D eigenvalue weighted by Gasteiger charge is -2.36. The fourth-order valence-corrected chi connectivity index (χ4v) is 3.01. The number of benzene rings is 1. The Morgan fingerprint density at radius 1 is 1.16 bits per heavy atom. The van der Waals surface area contributed by atoms with E-state index in [0.29, 0.717) is 19.0 Å². The second kappa shape index (κ2) is 8.58. The highest BCUT2D eigenvalue weighted by atomic mass is 28.4. The number of hydrogen-bond acceptors (Lipinski definition) is 6. The first-order chi connectivity index (χ1) is 11.5. The van der Waals surface area contributed by atoms with Gasteiger partial charge in [0, 0.05) is 13.0 Å². The Hall–Kier alpha value is -1.73. The van der Waals surface area contributed by atoms with Gasteiger partial charge in [0.15, 0.2) is 19.8 Å². The van der Waals surface area contributed by atoms with Gasteiger partial charge in [-0.05, 0) is 30.3 Å². The molecular weight excluding hydrogens is 340 g/mol. The van der Waals surface area contributed by atoms with Gasteiger partial charge in [0.2, 0.25) is 5.75 Å². The zero-order chi connectivity index (χ0) is 19.3. The van der Waals surface area contributed by atoms with Crippen molar-refractivity contribution in [2.24, 2.45) is 0 Å². The van der Waals surface area contributed by atoms with Crippen LogP contribution in [-0.4, -0.2) is 46.8 Å². The Kier molecular flexibility index (Phi) is 7.31. The fraction of sp³-hybridized carbons (Fsp3) is 0.611. The highest BCUT2D eigenvalue weighted by Gasteiger charge is 2.36. The minimum absolute atomic E-state index is 0.0351. The Morgan fingerprint density at radius 3 is 2.32 bits per heavy atom. The number of rotatable bonds is 8. The van der Waals surface area contributed by atoms with Crippen LogP contribution in [0, 0.1) is 0 Å². The maximum absolute atomic E-state index is 11.6. The van der Waals surface area contributed by atoms with Gasteiger partial charge in [-0.1, -0.05) is 20.8 Å². The number of ether oxygens (including phenoxy) is 3. The van der Waals surface area contributed by atoms with Crippen molar-refractivity contribution in [1.82, 2.24) is 0 Å². The second-order valence-corrected chi connectivity index (χ2v) is 12.1. The number of carbonyl (C=O) groups excluding carboxylic acids is 1. The molecule has 7 heteroatoms. The van der Waals surface area contributed by atoms with E-state index >= 15 is 0 Å². The quantitative estimate of drug-likeness (QED) is 0.424. The minimum Gasteiger partial charge on any atom is -0.504 e. The molecule has 1 N–H and O–H groups in total. The molecule has 0 aliphatic carbocycles. The lowest BCUT2D eigenvalue weighted by molar-refractivity contribution is 0.0596.